The van der Waals surface area contributed by atoms with Crippen molar-refractivity contribution in [1.82, 2.24) is 0 Å². The standard InChI is InChI=1S/C5H8O2/c1-3(6)5-4(2)7-5/h4-5H,1-2H3/t4-,5+/m0/s1. The normalized spacial score (nSPS) is 38.0. The van der Waals surface area contributed by atoms with Crippen molar-refractivity contribution in [3.8, 4) is 0 Å². The first-order valence-electron chi connectivity index (χ1n) is 2.37. The summed E-state index contributed by atoms with van der Waals surface area (Å²) in [5, 5.41) is 0. The molecule has 1 fully saturated rings. The Morgan fingerprint density at radius 1 is 1.71 bits per heavy atom. The van der Waals surface area contributed by atoms with Crippen LogP contribution in [0.25, 0.3) is 0 Å². The van der Waals surface area contributed by atoms with Crippen LogP contribution in [0.4, 0.5) is 0 Å². The monoisotopic (exact) mass is 100 g/mol. The third-order valence-corrected chi connectivity index (χ3v) is 1.11. The van der Waals surface area contributed by atoms with Crippen LogP contribution in [-0.2, 0) is 9.53 Å². The van der Waals surface area contributed by atoms with Gasteiger partial charge in [-0.2, -0.15) is 0 Å². The van der Waals surface area contributed by atoms with Gasteiger partial charge in [0.15, 0.2) is 5.78 Å². The number of epoxide rings is 1. The number of Topliss-reactive ketones (excluding diaryl/α,β-unsaturated/α-hetero) is 1. The Bertz CT molecular complexity index is 98.3. The summed E-state index contributed by atoms with van der Waals surface area (Å²) < 4.78 is 4.83. The average Bonchev–Trinajstić information content (AvgIpc) is 2.17. The van der Waals surface area contributed by atoms with Gasteiger partial charge in [-0.25, -0.2) is 0 Å². The highest BCUT2D eigenvalue weighted by Gasteiger charge is 2.37. The molecule has 0 aliphatic carbocycles. The first-order chi connectivity index (χ1) is 3.22. The predicted octanol–water partition coefficient (Wildman–Crippen LogP) is 0.363. The molecule has 0 bridgehead atoms. The third kappa shape index (κ3) is 0.800. The van der Waals surface area contributed by atoms with Gasteiger partial charge in [0.1, 0.15) is 6.10 Å². The molecule has 0 unspecified atom stereocenters. The topological polar surface area (TPSA) is 29.6 Å². The van der Waals surface area contributed by atoms with Crippen LogP contribution in [-0.4, -0.2) is 18.0 Å². The van der Waals surface area contributed by atoms with Crippen LogP contribution in [0.1, 0.15) is 13.8 Å². The van der Waals surface area contributed by atoms with Gasteiger partial charge < -0.3 is 4.74 Å². The molecule has 0 amide bonds. The lowest BCUT2D eigenvalue weighted by Crippen LogP contribution is -2.01. The third-order valence-electron chi connectivity index (χ3n) is 1.11. The maximum absolute atomic E-state index is 10.3. The molecule has 2 heteroatoms. The van der Waals surface area contributed by atoms with E-state index >= 15 is 0 Å². The SMILES string of the molecule is CC(=O)[C@H]1O[C@H]1C. The van der Waals surface area contributed by atoms with Crippen molar-refractivity contribution >= 4 is 5.78 Å². The molecule has 1 aliphatic rings. The van der Waals surface area contributed by atoms with Crippen LogP contribution in [0.2, 0.25) is 0 Å². The molecular weight excluding hydrogens is 92.1 g/mol. The summed E-state index contributed by atoms with van der Waals surface area (Å²) in [6, 6.07) is 0. The van der Waals surface area contributed by atoms with Crippen molar-refractivity contribution in [2.45, 2.75) is 26.1 Å². The van der Waals surface area contributed by atoms with Crippen molar-refractivity contribution in [2.24, 2.45) is 0 Å². The number of hydrogen-bond donors (Lipinski definition) is 0. The summed E-state index contributed by atoms with van der Waals surface area (Å²) in [6.07, 6.45) is 0.123. The number of rotatable bonds is 1. The van der Waals surface area contributed by atoms with Gasteiger partial charge >= 0.3 is 0 Å². The molecule has 7 heavy (non-hydrogen) atoms. The summed E-state index contributed by atoms with van der Waals surface area (Å²) in [5.41, 5.74) is 0. The van der Waals surface area contributed by atoms with E-state index in [4.69, 9.17) is 4.74 Å². The molecule has 0 radical (unpaired) electrons. The number of carbonyl (C=O) groups excluding carboxylic acids is 1. The van der Waals surface area contributed by atoms with E-state index in [0.717, 1.165) is 0 Å². The average molecular weight is 100 g/mol. The maximum atomic E-state index is 10.3. The maximum Gasteiger partial charge on any atom is 0.161 e. The molecule has 1 heterocycles. The molecule has 1 rings (SSSR count). The van der Waals surface area contributed by atoms with Crippen molar-refractivity contribution in [2.75, 3.05) is 0 Å². The van der Waals surface area contributed by atoms with Crippen molar-refractivity contribution in [3.63, 3.8) is 0 Å². The zero-order chi connectivity index (χ0) is 5.44. The second-order valence-electron chi connectivity index (χ2n) is 1.87. The molecule has 0 N–H and O–H groups in total. The molecule has 0 aromatic carbocycles. The fraction of sp³-hybridized carbons (Fsp3) is 0.800. The summed E-state index contributed by atoms with van der Waals surface area (Å²) in [6.45, 7) is 3.44. The van der Waals surface area contributed by atoms with Gasteiger partial charge in [0.05, 0.1) is 6.10 Å². The van der Waals surface area contributed by atoms with Crippen molar-refractivity contribution in [3.05, 3.63) is 0 Å². The Hall–Kier alpha value is -0.370. The smallest absolute Gasteiger partial charge is 0.161 e. The fourth-order valence-electron chi connectivity index (χ4n) is 0.612. The van der Waals surface area contributed by atoms with E-state index in [1.807, 2.05) is 6.92 Å². The molecular formula is C5H8O2. The van der Waals surface area contributed by atoms with Gasteiger partial charge in [-0.3, -0.25) is 4.79 Å². The minimum Gasteiger partial charge on any atom is -0.362 e. The van der Waals surface area contributed by atoms with E-state index in [1.54, 1.807) is 6.92 Å². The molecule has 1 aliphatic heterocycles. The Morgan fingerprint density at radius 2 is 2.14 bits per heavy atom. The summed E-state index contributed by atoms with van der Waals surface area (Å²) in [7, 11) is 0. The summed E-state index contributed by atoms with van der Waals surface area (Å²) in [5.74, 6) is 0.146. The van der Waals surface area contributed by atoms with Crippen LogP contribution in [0.3, 0.4) is 0 Å². The molecule has 2 atom stereocenters. The summed E-state index contributed by atoms with van der Waals surface area (Å²) >= 11 is 0. The number of ketones is 1. The van der Waals surface area contributed by atoms with Crippen LogP contribution >= 0.6 is 0 Å². The van der Waals surface area contributed by atoms with Gasteiger partial charge in [0.25, 0.3) is 0 Å². The second kappa shape index (κ2) is 1.30. The molecule has 40 valence electrons. The Kier molecular flexibility index (Phi) is 0.889. The largest absolute Gasteiger partial charge is 0.362 e. The molecule has 0 aromatic heterocycles. The van der Waals surface area contributed by atoms with Crippen LogP contribution in [0.15, 0.2) is 0 Å². The minimum atomic E-state index is -0.0694. The first kappa shape index (κ1) is 4.78. The Labute approximate surface area is 42.5 Å². The van der Waals surface area contributed by atoms with Crippen LogP contribution < -0.4 is 0 Å². The number of hydrogen-bond acceptors (Lipinski definition) is 2. The Morgan fingerprint density at radius 3 is 2.14 bits per heavy atom. The molecule has 1 saturated heterocycles. The lowest BCUT2D eigenvalue weighted by molar-refractivity contribution is -0.118. The second-order valence-corrected chi connectivity index (χ2v) is 1.87. The van der Waals surface area contributed by atoms with E-state index in [2.05, 4.69) is 0 Å². The van der Waals surface area contributed by atoms with Gasteiger partial charge in [-0.1, -0.05) is 0 Å². The minimum absolute atomic E-state index is 0.0694. The zero-order valence-corrected chi connectivity index (χ0v) is 4.47. The van der Waals surface area contributed by atoms with E-state index < -0.39 is 0 Å². The van der Waals surface area contributed by atoms with E-state index in [9.17, 15) is 4.79 Å². The van der Waals surface area contributed by atoms with Crippen molar-refractivity contribution < 1.29 is 9.53 Å². The zero-order valence-electron chi connectivity index (χ0n) is 4.47. The molecule has 0 saturated carbocycles. The fourth-order valence-corrected chi connectivity index (χ4v) is 0.612. The van der Waals surface area contributed by atoms with E-state index in [-0.39, 0.29) is 18.0 Å². The highest BCUT2D eigenvalue weighted by molar-refractivity contribution is 5.83. The van der Waals surface area contributed by atoms with Crippen molar-refractivity contribution in [1.29, 1.82) is 0 Å². The van der Waals surface area contributed by atoms with Crippen LogP contribution in [0.5, 0.6) is 0 Å². The van der Waals surface area contributed by atoms with Gasteiger partial charge in [-0.15, -0.1) is 0 Å². The number of carbonyl (C=O) groups is 1. The lowest BCUT2D eigenvalue weighted by Gasteiger charge is -1.74. The van der Waals surface area contributed by atoms with Gasteiger partial charge in [-0.05, 0) is 13.8 Å². The van der Waals surface area contributed by atoms with E-state index in [0.29, 0.717) is 0 Å². The molecule has 2 nitrogen and oxygen atoms in total. The van der Waals surface area contributed by atoms with Gasteiger partial charge in [0.2, 0.25) is 0 Å². The Balaban J connectivity index is 2.33. The lowest BCUT2D eigenvalue weighted by atomic mass is 10.3. The quantitative estimate of drug-likeness (QED) is 0.445. The van der Waals surface area contributed by atoms with Crippen LogP contribution in [0, 0.1) is 0 Å². The van der Waals surface area contributed by atoms with E-state index in [1.165, 1.54) is 0 Å². The first-order valence-corrected chi connectivity index (χ1v) is 2.37. The number of ether oxygens (including phenoxy) is 1. The van der Waals surface area contributed by atoms with Gasteiger partial charge in [0, 0.05) is 0 Å². The molecule has 0 aromatic rings. The highest BCUT2D eigenvalue weighted by atomic mass is 16.6. The predicted molar refractivity (Wildman–Crippen MR) is 25.0 cm³/mol. The highest BCUT2D eigenvalue weighted by Crippen LogP contribution is 2.20. The molecule has 0 spiro atoms. The summed E-state index contributed by atoms with van der Waals surface area (Å²) in [4.78, 5) is 10.3.